The predicted octanol–water partition coefficient (Wildman–Crippen LogP) is 2.00. The highest BCUT2D eigenvalue weighted by Crippen LogP contribution is 2.09. The molecule has 3 heteroatoms. The van der Waals surface area contributed by atoms with Gasteiger partial charge in [-0.1, -0.05) is 19.9 Å². The van der Waals surface area contributed by atoms with Crippen molar-refractivity contribution in [2.75, 3.05) is 19.3 Å². The standard InChI is InChI=1S/C12H18N2O/c1-9(2)8-14(3)12(15)10-5-4-6-11(13)7-10/h4-7,9H,8,13H2,1-3H3. The van der Waals surface area contributed by atoms with Gasteiger partial charge in [0.05, 0.1) is 0 Å². The quantitative estimate of drug-likeness (QED) is 0.769. The second-order valence-electron chi connectivity index (χ2n) is 4.20. The summed E-state index contributed by atoms with van der Waals surface area (Å²) in [7, 11) is 1.81. The van der Waals surface area contributed by atoms with Crippen molar-refractivity contribution in [3.05, 3.63) is 29.8 Å². The number of hydrogen-bond acceptors (Lipinski definition) is 2. The lowest BCUT2D eigenvalue weighted by atomic mass is 10.1. The molecule has 0 aliphatic rings. The van der Waals surface area contributed by atoms with E-state index in [2.05, 4.69) is 13.8 Å². The number of benzene rings is 1. The van der Waals surface area contributed by atoms with E-state index >= 15 is 0 Å². The summed E-state index contributed by atoms with van der Waals surface area (Å²) in [5.41, 5.74) is 6.90. The average molecular weight is 206 g/mol. The van der Waals surface area contributed by atoms with Crippen molar-refractivity contribution in [2.24, 2.45) is 5.92 Å². The molecule has 0 aliphatic carbocycles. The molecule has 0 saturated heterocycles. The fourth-order valence-electron chi connectivity index (χ4n) is 1.52. The molecule has 0 spiro atoms. The molecule has 0 aromatic heterocycles. The fourth-order valence-corrected chi connectivity index (χ4v) is 1.52. The molecule has 82 valence electrons. The fraction of sp³-hybridized carbons (Fsp3) is 0.417. The van der Waals surface area contributed by atoms with Gasteiger partial charge in [0.25, 0.3) is 5.91 Å². The molecule has 3 nitrogen and oxygen atoms in total. The van der Waals surface area contributed by atoms with E-state index < -0.39 is 0 Å². The second kappa shape index (κ2) is 4.82. The van der Waals surface area contributed by atoms with Crippen LogP contribution in [0.1, 0.15) is 24.2 Å². The lowest BCUT2D eigenvalue weighted by Crippen LogP contribution is -2.30. The number of hydrogen-bond donors (Lipinski definition) is 1. The number of amides is 1. The highest BCUT2D eigenvalue weighted by Gasteiger charge is 2.12. The predicted molar refractivity (Wildman–Crippen MR) is 62.7 cm³/mol. The molecule has 0 unspecified atom stereocenters. The minimum Gasteiger partial charge on any atom is -0.399 e. The molecule has 2 N–H and O–H groups in total. The molecule has 0 fully saturated rings. The van der Waals surface area contributed by atoms with Gasteiger partial charge in [0.1, 0.15) is 0 Å². The van der Waals surface area contributed by atoms with Gasteiger partial charge in [-0.25, -0.2) is 0 Å². The maximum absolute atomic E-state index is 11.9. The summed E-state index contributed by atoms with van der Waals surface area (Å²) in [6.45, 7) is 4.93. The van der Waals surface area contributed by atoms with Gasteiger partial charge >= 0.3 is 0 Å². The van der Waals surface area contributed by atoms with Gasteiger partial charge in [-0.2, -0.15) is 0 Å². The van der Waals surface area contributed by atoms with E-state index in [1.54, 1.807) is 29.2 Å². The van der Waals surface area contributed by atoms with Crippen LogP contribution in [0, 0.1) is 5.92 Å². The van der Waals surface area contributed by atoms with Gasteiger partial charge in [0.15, 0.2) is 0 Å². The molecular formula is C12H18N2O. The van der Waals surface area contributed by atoms with Crippen LogP contribution in [-0.4, -0.2) is 24.4 Å². The first-order valence-corrected chi connectivity index (χ1v) is 5.11. The van der Waals surface area contributed by atoms with Crippen molar-refractivity contribution < 1.29 is 4.79 Å². The average Bonchev–Trinajstić information content (AvgIpc) is 2.15. The molecule has 1 amide bonds. The summed E-state index contributed by atoms with van der Waals surface area (Å²) >= 11 is 0. The van der Waals surface area contributed by atoms with Crippen molar-refractivity contribution in [3.8, 4) is 0 Å². The maximum atomic E-state index is 11.9. The van der Waals surface area contributed by atoms with E-state index in [0.29, 0.717) is 17.2 Å². The Morgan fingerprint density at radius 3 is 2.67 bits per heavy atom. The van der Waals surface area contributed by atoms with Crippen LogP contribution in [0.5, 0.6) is 0 Å². The van der Waals surface area contributed by atoms with Gasteiger partial charge in [-0.3, -0.25) is 4.79 Å². The topological polar surface area (TPSA) is 46.3 Å². The Hall–Kier alpha value is -1.51. The highest BCUT2D eigenvalue weighted by molar-refractivity contribution is 5.94. The second-order valence-corrected chi connectivity index (χ2v) is 4.20. The smallest absolute Gasteiger partial charge is 0.253 e. The molecule has 0 saturated carbocycles. The summed E-state index contributed by atoms with van der Waals surface area (Å²) in [6, 6.07) is 7.07. The summed E-state index contributed by atoms with van der Waals surface area (Å²) in [4.78, 5) is 13.6. The Labute approximate surface area is 90.9 Å². The van der Waals surface area contributed by atoms with E-state index in [9.17, 15) is 4.79 Å². The SMILES string of the molecule is CC(C)CN(C)C(=O)c1cccc(N)c1. The first-order chi connectivity index (χ1) is 7.00. The molecule has 0 heterocycles. The summed E-state index contributed by atoms with van der Waals surface area (Å²) in [5, 5.41) is 0. The molecular weight excluding hydrogens is 188 g/mol. The number of carbonyl (C=O) groups is 1. The normalized spacial score (nSPS) is 10.4. The molecule has 0 bridgehead atoms. The van der Waals surface area contributed by atoms with E-state index in [1.165, 1.54) is 0 Å². The Bertz CT molecular complexity index is 347. The van der Waals surface area contributed by atoms with Crippen LogP contribution in [0.4, 0.5) is 5.69 Å². The van der Waals surface area contributed by atoms with E-state index in [1.807, 2.05) is 7.05 Å². The highest BCUT2D eigenvalue weighted by atomic mass is 16.2. The molecule has 0 aliphatic heterocycles. The summed E-state index contributed by atoms with van der Waals surface area (Å²) in [6.07, 6.45) is 0. The van der Waals surface area contributed by atoms with Crippen LogP contribution in [0.15, 0.2) is 24.3 Å². The van der Waals surface area contributed by atoms with Gasteiger partial charge in [-0.15, -0.1) is 0 Å². The molecule has 0 atom stereocenters. The maximum Gasteiger partial charge on any atom is 0.253 e. The first kappa shape index (κ1) is 11.6. The number of nitrogens with two attached hydrogens (primary N) is 1. The van der Waals surface area contributed by atoms with Crippen LogP contribution in [0.25, 0.3) is 0 Å². The van der Waals surface area contributed by atoms with Crippen molar-refractivity contribution in [3.63, 3.8) is 0 Å². The number of carbonyl (C=O) groups excluding carboxylic acids is 1. The third-order valence-electron chi connectivity index (χ3n) is 2.12. The zero-order chi connectivity index (χ0) is 11.4. The number of anilines is 1. The largest absolute Gasteiger partial charge is 0.399 e. The van der Waals surface area contributed by atoms with E-state index in [0.717, 1.165) is 6.54 Å². The van der Waals surface area contributed by atoms with E-state index in [-0.39, 0.29) is 5.91 Å². The lowest BCUT2D eigenvalue weighted by Gasteiger charge is -2.19. The van der Waals surface area contributed by atoms with Gasteiger partial charge < -0.3 is 10.6 Å². The third-order valence-corrected chi connectivity index (χ3v) is 2.12. The van der Waals surface area contributed by atoms with Crippen LogP contribution in [0.2, 0.25) is 0 Å². The lowest BCUT2D eigenvalue weighted by molar-refractivity contribution is 0.0779. The Morgan fingerprint density at radius 2 is 2.13 bits per heavy atom. The van der Waals surface area contributed by atoms with Gasteiger partial charge in [-0.05, 0) is 24.1 Å². The third kappa shape index (κ3) is 3.27. The Kier molecular flexibility index (Phi) is 3.72. The van der Waals surface area contributed by atoms with Crippen LogP contribution in [-0.2, 0) is 0 Å². The van der Waals surface area contributed by atoms with E-state index in [4.69, 9.17) is 5.73 Å². The minimum atomic E-state index is 0.0241. The molecule has 1 rings (SSSR count). The Balaban J connectivity index is 2.76. The minimum absolute atomic E-state index is 0.0241. The zero-order valence-electron chi connectivity index (χ0n) is 9.53. The number of nitrogen functional groups attached to an aromatic ring is 1. The summed E-state index contributed by atoms with van der Waals surface area (Å²) in [5.74, 6) is 0.496. The molecule has 15 heavy (non-hydrogen) atoms. The molecule has 0 radical (unpaired) electrons. The first-order valence-electron chi connectivity index (χ1n) is 5.11. The number of nitrogens with zero attached hydrogens (tertiary/aromatic N) is 1. The van der Waals surface area contributed by atoms with Gasteiger partial charge in [0, 0.05) is 24.8 Å². The van der Waals surface area contributed by atoms with Crippen molar-refractivity contribution in [1.29, 1.82) is 0 Å². The van der Waals surface area contributed by atoms with Gasteiger partial charge in [0.2, 0.25) is 0 Å². The Morgan fingerprint density at radius 1 is 1.47 bits per heavy atom. The number of rotatable bonds is 3. The van der Waals surface area contributed by atoms with Crippen LogP contribution in [0.3, 0.4) is 0 Å². The monoisotopic (exact) mass is 206 g/mol. The zero-order valence-corrected chi connectivity index (χ0v) is 9.53. The van der Waals surface area contributed by atoms with Crippen LogP contribution < -0.4 is 5.73 Å². The van der Waals surface area contributed by atoms with Crippen molar-refractivity contribution in [2.45, 2.75) is 13.8 Å². The summed E-state index contributed by atoms with van der Waals surface area (Å²) < 4.78 is 0. The molecule has 1 aromatic carbocycles. The van der Waals surface area contributed by atoms with Crippen molar-refractivity contribution >= 4 is 11.6 Å². The molecule has 1 aromatic rings. The van der Waals surface area contributed by atoms with Crippen molar-refractivity contribution in [1.82, 2.24) is 4.90 Å². The van der Waals surface area contributed by atoms with Crippen LogP contribution >= 0.6 is 0 Å².